The summed E-state index contributed by atoms with van der Waals surface area (Å²) in [5, 5.41) is 37.0. The van der Waals surface area contributed by atoms with Crippen LogP contribution in [0, 0.1) is 5.41 Å². The highest BCUT2D eigenvalue weighted by atomic mass is 16.5. The third-order valence-electron chi connectivity index (χ3n) is 3.07. The Balaban J connectivity index is 2.50. The summed E-state index contributed by atoms with van der Waals surface area (Å²) in [5.41, 5.74) is -0.503. The van der Waals surface area contributed by atoms with Crippen molar-refractivity contribution >= 4 is 5.97 Å². The minimum absolute atomic E-state index is 0.115. The summed E-state index contributed by atoms with van der Waals surface area (Å²) in [6.07, 6.45) is -1.21. The van der Waals surface area contributed by atoms with Gasteiger partial charge in [0.25, 0.3) is 0 Å². The molecule has 6 heteroatoms. The zero-order valence-corrected chi connectivity index (χ0v) is 11.1. The van der Waals surface area contributed by atoms with Crippen LogP contribution in [0.1, 0.15) is 5.56 Å². The lowest BCUT2D eigenvalue weighted by atomic mass is 9.92. The minimum atomic E-state index is -1.33. The number of esters is 1. The van der Waals surface area contributed by atoms with E-state index < -0.39 is 37.3 Å². The lowest BCUT2D eigenvalue weighted by molar-refractivity contribution is -0.161. The van der Waals surface area contributed by atoms with Gasteiger partial charge in [-0.15, -0.1) is 0 Å². The Morgan fingerprint density at radius 2 is 1.65 bits per heavy atom. The molecule has 0 radical (unpaired) electrons. The van der Waals surface area contributed by atoms with Gasteiger partial charge in [0.2, 0.25) is 0 Å². The van der Waals surface area contributed by atoms with Crippen LogP contribution in [-0.2, 0) is 16.0 Å². The van der Waals surface area contributed by atoms with Gasteiger partial charge in [-0.25, -0.2) is 4.79 Å². The Morgan fingerprint density at radius 3 is 2.15 bits per heavy atom. The quantitative estimate of drug-likeness (QED) is 0.461. The van der Waals surface area contributed by atoms with Gasteiger partial charge in [-0.2, -0.15) is 0 Å². The highest BCUT2D eigenvalue weighted by Gasteiger charge is 2.31. The first-order valence-corrected chi connectivity index (χ1v) is 6.28. The van der Waals surface area contributed by atoms with Crippen LogP contribution in [0.3, 0.4) is 0 Å². The third kappa shape index (κ3) is 4.57. The molecule has 0 fully saturated rings. The molecule has 4 N–H and O–H groups in total. The molecule has 0 aromatic heterocycles. The minimum Gasteiger partial charge on any atom is -0.463 e. The summed E-state index contributed by atoms with van der Waals surface area (Å²) in [6, 6.07) is 8.96. The van der Waals surface area contributed by atoms with Gasteiger partial charge in [-0.05, 0) is 5.56 Å². The fourth-order valence-corrected chi connectivity index (χ4v) is 1.53. The van der Waals surface area contributed by atoms with E-state index >= 15 is 0 Å². The average molecular weight is 284 g/mol. The van der Waals surface area contributed by atoms with Crippen LogP contribution in [0.2, 0.25) is 0 Å². The molecule has 1 rings (SSSR count). The fraction of sp³-hybridized carbons (Fsp3) is 0.500. The predicted octanol–water partition coefficient (Wildman–Crippen LogP) is -0.903. The van der Waals surface area contributed by atoms with Crippen LogP contribution in [0.5, 0.6) is 0 Å². The summed E-state index contributed by atoms with van der Waals surface area (Å²) in [6.45, 7) is -1.94. The van der Waals surface area contributed by atoms with Crippen molar-refractivity contribution in [2.45, 2.75) is 12.5 Å². The first-order valence-electron chi connectivity index (χ1n) is 6.28. The molecule has 20 heavy (non-hydrogen) atoms. The van der Waals surface area contributed by atoms with Crippen LogP contribution < -0.4 is 0 Å². The second-order valence-electron chi connectivity index (χ2n) is 4.79. The van der Waals surface area contributed by atoms with Crippen LogP contribution in [0.4, 0.5) is 0 Å². The zero-order valence-electron chi connectivity index (χ0n) is 11.1. The number of aliphatic hydroxyl groups excluding tert-OH is 4. The summed E-state index contributed by atoms with van der Waals surface area (Å²) in [4.78, 5) is 11.6. The van der Waals surface area contributed by atoms with Gasteiger partial charge in [0.1, 0.15) is 6.61 Å². The maximum atomic E-state index is 11.6. The number of hydrogen-bond donors (Lipinski definition) is 4. The van der Waals surface area contributed by atoms with Crippen molar-refractivity contribution in [2.75, 3.05) is 26.4 Å². The van der Waals surface area contributed by atoms with Gasteiger partial charge >= 0.3 is 5.97 Å². The van der Waals surface area contributed by atoms with Crippen molar-refractivity contribution in [3.8, 4) is 0 Å². The second kappa shape index (κ2) is 7.96. The van der Waals surface area contributed by atoms with Crippen molar-refractivity contribution in [3.05, 3.63) is 35.9 Å². The van der Waals surface area contributed by atoms with Crippen LogP contribution in [-0.4, -0.2) is 58.9 Å². The predicted molar refractivity (Wildman–Crippen MR) is 70.8 cm³/mol. The Hall–Kier alpha value is -1.47. The Bertz CT molecular complexity index is 393. The van der Waals surface area contributed by atoms with E-state index in [1.807, 2.05) is 6.07 Å². The summed E-state index contributed by atoms with van der Waals surface area (Å²) >= 11 is 0. The van der Waals surface area contributed by atoms with Gasteiger partial charge in [0, 0.05) is 6.42 Å². The Labute approximate surface area is 117 Å². The van der Waals surface area contributed by atoms with Gasteiger partial charge in [0.05, 0.1) is 25.2 Å². The monoisotopic (exact) mass is 284 g/mol. The highest BCUT2D eigenvalue weighted by molar-refractivity contribution is 5.74. The van der Waals surface area contributed by atoms with E-state index in [2.05, 4.69) is 0 Å². The molecule has 1 aromatic carbocycles. The summed E-state index contributed by atoms with van der Waals surface area (Å²) < 4.78 is 4.85. The summed E-state index contributed by atoms with van der Waals surface area (Å²) in [5.74, 6) is -0.853. The standard InChI is InChI=1S/C14H20O6/c15-7-14(8-16,9-17)10-20-13(19)12(18)6-11-4-2-1-3-5-11/h1-5,12,15-18H,6-10H2. The van der Waals surface area contributed by atoms with Crippen LogP contribution >= 0.6 is 0 Å². The number of benzene rings is 1. The molecule has 0 bridgehead atoms. The van der Waals surface area contributed by atoms with E-state index in [1.165, 1.54) is 0 Å². The topological polar surface area (TPSA) is 107 Å². The number of aliphatic hydroxyl groups is 4. The maximum Gasteiger partial charge on any atom is 0.335 e. The van der Waals surface area contributed by atoms with E-state index in [4.69, 9.17) is 20.1 Å². The molecule has 0 heterocycles. The molecule has 6 nitrogen and oxygen atoms in total. The Morgan fingerprint density at radius 1 is 1.10 bits per heavy atom. The van der Waals surface area contributed by atoms with E-state index in [-0.39, 0.29) is 13.0 Å². The molecular weight excluding hydrogens is 264 g/mol. The van der Waals surface area contributed by atoms with Gasteiger partial charge in [-0.1, -0.05) is 30.3 Å². The number of carbonyl (C=O) groups excluding carboxylic acids is 1. The lowest BCUT2D eigenvalue weighted by Gasteiger charge is -2.26. The number of carbonyl (C=O) groups is 1. The fourth-order valence-electron chi connectivity index (χ4n) is 1.53. The van der Waals surface area contributed by atoms with E-state index in [0.717, 1.165) is 5.56 Å². The molecule has 0 aliphatic heterocycles. The molecule has 1 unspecified atom stereocenters. The number of ether oxygens (including phenoxy) is 1. The van der Waals surface area contributed by atoms with E-state index in [9.17, 15) is 9.90 Å². The van der Waals surface area contributed by atoms with Gasteiger partial charge < -0.3 is 25.2 Å². The van der Waals surface area contributed by atoms with E-state index in [1.54, 1.807) is 24.3 Å². The van der Waals surface area contributed by atoms with Gasteiger partial charge in [-0.3, -0.25) is 0 Å². The highest BCUT2D eigenvalue weighted by Crippen LogP contribution is 2.15. The van der Waals surface area contributed by atoms with Crippen molar-refractivity contribution in [1.29, 1.82) is 0 Å². The normalized spacial score (nSPS) is 13.0. The molecule has 1 atom stereocenters. The Kier molecular flexibility index (Phi) is 6.60. The molecule has 112 valence electrons. The molecule has 0 aliphatic rings. The SMILES string of the molecule is O=C(OCC(CO)(CO)CO)C(O)Cc1ccccc1. The van der Waals surface area contributed by atoms with Crippen molar-refractivity contribution in [2.24, 2.45) is 5.41 Å². The smallest absolute Gasteiger partial charge is 0.335 e. The first-order chi connectivity index (χ1) is 9.56. The molecular formula is C14H20O6. The van der Waals surface area contributed by atoms with Crippen molar-refractivity contribution in [3.63, 3.8) is 0 Å². The zero-order chi connectivity index (χ0) is 15.0. The molecule has 0 spiro atoms. The van der Waals surface area contributed by atoms with Crippen molar-refractivity contribution in [1.82, 2.24) is 0 Å². The number of hydrogen-bond acceptors (Lipinski definition) is 6. The molecule has 0 aliphatic carbocycles. The molecule has 0 saturated heterocycles. The third-order valence-corrected chi connectivity index (χ3v) is 3.07. The second-order valence-corrected chi connectivity index (χ2v) is 4.79. The number of rotatable bonds is 8. The maximum absolute atomic E-state index is 11.6. The lowest BCUT2D eigenvalue weighted by Crippen LogP contribution is -2.40. The molecule has 0 saturated carbocycles. The molecule has 1 aromatic rings. The average Bonchev–Trinajstić information content (AvgIpc) is 2.50. The van der Waals surface area contributed by atoms with Crippen LogP contribution in [0.15, 0.2) is 30.3 Å². The largest absolute Gasteiger partial charge is 0.463 e. The van der Waals surface area contributed by atoms with Gasteiger partial charge in [0.15, 0.2) is 6.10 Å². The van der Waals surface area contributed by atoms with Crippen molar-refractivity contribution < 1.29 is 30.0 Å². The molecule has 0 amide bonds. The first kappa shape index (κ1) is 16.6. The van der Waals surface area contributed by atoms with E-state index in [0.29, 0.717) is 0 Å². The summed E-state index contributed by atoms with van der Waals surface area (Å²) in [7, 11) is 0. The van der Waals surface area contributed by atoms with Crippen LogP contribution in [0.25, 0.3) is 0 Å².